The topological polar surface area (TPSA) is 70.7 Å². The Labute approximate surface area is 160 Å². The van der Waals surface area contributed by atoms with Gasteiger partial charge in [0.2, 0.25) is 5.91 Å². The molecule has 6 nitrogen and oxygen atoms in total. The van der Waals surface area contributed by atoms with Gasteiger partial charge in [0.1, 0.15) is 5.75 Å². The molecule has 1 aliphatic heterocycles. The summed E-state index contributed by atoms with van der Waals surface area (Å²) in [6, 6.07) is 7.41. The van der Waals surface area contributed by atoms with Crippen molar-refractivity contribution in [2.45, 2.75) is 38.3 Å². The molecule has 1 heterocycles. The molecule has 0 radical (unpaired) electrons. The van der Waals surface area contributed by atoms with Crippen molar-refractivity contribution in [3.63, 3.8) is 0 Å². The third-order valence-corrected chi connectivity index (χ3v) is 6.67. The highest BCUT2D eigenvalue weighted by atomic mass is 16.5. The average molecular weight is 371 g/mol. The van der Waals surface area contributed by atoms with Crippen LogP contribution in [0.1, 0.15) is 43.0 Å². The minimum atomic E-state index is -0.682. The maximum Gasteiger partial charge on any atom is 0.258 e. The lowest BCUT2D eigenvalue weighted by Crippen LogP contribution is -2.69. The van der Waals surface area contributed by atoms with Crippen molar-refractivity contribution in [3.05, 3.63) is 29.8 Å². The van der Waals surface area contributed by atoms with Crippen molar-refractivity contribution in [3.8, 4) is 5.75 Å². The summed E-state index contributed by atoms with van der Waals surface area (Å²) in [6.07, 6.45) is 3.40. The third kappa shape index (κ3) is 3.10. The Hall–Kier alpha value is -2.08. The average Bonchev–Trinajstić information content (AvgIpc) is 2.60. The van der Waals surface area contributed by atoms with Crippen LogP contribution in [-0.4, -0.2) is 49.6 Å². The second-order valence-corrected chi connectivity index (χ2v) is 8.89. The number of fused-ring (bicyclic) bond motifs is 3. The summed E-state index contributed by atoms with van der Waals surface area (Å²) in [7, 11) is 4.00. The number of benzene rings is 1. The summed E-state index contributed by atoms with van der Waals surface area (Å²) in [5, 5.41) is 6.26. The van der Waals surface area contributed by atoms with Crippen LogP contribution in [0.25, 0.3) is 0 Å². The van der Waals surface area contributed by atoms with E-state index in [0.717, 1.165) is 25.8 Å². The molecule has 3 aliphatic carbocycles. The maximum absolute atomic E-state index is 12.9. The molecule has 0 aromatic heterocycles. The number of carbonyl (C=O) groups is 2. The lowest BCUT2D eigenvalue weighted by atomic mass is 9.52. The van der Waals surface area contributed by atoms with E-state index < -0.39 is 5.72 Å². The predicted octanol–water partition coefficient (Wildman–Crippen LogP) is 2.01. The zero-order valence-corrected chi connectivity index (χ0v) is 16.4. The van der Waals surface area contributed by atoms with E-state index in [1.165, 1.54) is 0 Å². The molecule has 146 valence electrons. The van der Waals surface area contributed by atoms with Crippen molar-refractivity contribution in [1.29, 1.82) is 0 Å². The zero-order valence-electron chi connectivity index (χ0n) is 16.4. The van der Waals surface area contributed by atoms with Gasteiger partial charge in [-0.15, -0.1) is 0 Å². The lowest BCUT2D eigenvalue weighted by Gasteiger charge is -2.59. The molecule has 0 unspecified atom stereocenters. The molecule has 4 atom stereocenters. The molecule has 27 heavy (non-hydrogen) atoms. The van der Waals surface area contributed by atoms with Gasteiger partial charge < -0.3 is 20.3 Å². The zero-order chi connectivity index (χ0) is 19.2. The number of nitrogens with one attached hydrogen (secondary N) is 2. The molecule has 5 rings (SSSR count). The molecule has 3 saturated carbocycles. The van der Waals surface area contributed by atoms with Gasteiger partial charge in [0.05, 0.1) is 5.56 Å². The molecule has 2 amide bonds. The monoisotopic (exact) mass is 371 g/mol. The number of hydrogen-bond acceptors (Lipinski definition) is 4. The fourth-order valence-electron chi connectivity index (χ4n) is 5.18. The smallest absolute Gasteiger partial charge is 0.258 e. The highest BCUT2D eigenvalue weighted by Gasteiger charge is 2.61. The molecule has 6 heteroatoms. The van der Waals surface area contributed by atoms with Gasteiger partial charge in [0, 0.05) is 31.3 Å². The second kappa shape index (κ2) is 6.51. The van der Waals surface area contributed by atoms with E-state index in [-0.39, 0.29) is 29.1 Å². The van der Waals surface area contributed by atoms with E-state index in [0.29, 0.717) is 24.3 Å². The van der Waals surface area contributed by atoms with E-state index in [4.69, 9.17) is 4.74 Å². The van der Waals surface area contributed by atoms with Crippen LogP contribution in [0.3, 0.4) is 0 Å². The van der Waals surface area contributed by atoms with Gasteiger partial charge >= 0.3 is 0 Å². The molecule has 2 N–H and O–H groups in total. The standard InChI is InChI=1S/C21H29N3O3/c1-20-9-8-14(12-16(20)19(26)22-10-11-24(2)3)21(13-20)23-18(25)15-6-4-5-7-17(15)27-21/h4-7,14,16H,8-13H2,1-3H3,(H,22,26)(H,23,25)/t14-,16-,20+,21+/m1/s1. The first-order valence-corrected chi connectivity index (χ1v) is 9.86. The summed E-state index contributed by atoms with van der Waals surface area (Å²) < 4.78 is 6.40. The Balaban J connectivity index is 1.53. The van der Waals surface area contributed by atoms with Crippen molar-refractivity contribution in [2.75, 3.05) is 27.2 Å². The molecule has 0 saturated heterocycles. The number of amides is 2. The van der Waals surface area contributed by atoms with Gasteiger partial charge in [-0.1, -0.05) is 19.1 Å². The van der Waals surface area contributed by atoms with Crippen LogP contribution in [0.5, 0.6) is 5.75 Å². The molecule has 1 aromatic carbocycles. The van der Waals surface area contributed by atoms with Crippen LogP contribution in [0.2, 0.25) is 0 Å². The van der Waals surface area contributed by atoms with Gasteiger partial charge in [0.25, 0.3) is 5.91 Å². The van der Waals surface area contributed by atoms with Crippen LogP contribution in [-0.2, 0) is 4.79 Å². The van der Waals surface area contributed by atoms with Crippen LogP contribution in [0.4, 0.5) is 0 Å². The van der Waals surface area contributed by atoms with Crippen molar-refractivity contribution >= 4 is 11.8 Å². The third-order valence-electron chi connectivity index (χ3n) is 6.67. The molecular weight excluding hydrogens is 342 g/mol. The van der Waals surface area contributed by atoms with E-state index in [9.17, 15) is 9.59 Å². The summed E-state index contributed by atoms with van der Waals surface area (Å²) in [6.45, 7) is 3.67. The van der Waals surface area contributed by atoms with E-state index in [1.807, 2.05) is 32.3 Å². The largest absolute Gasteiger partial charge is 0.467 e. The van der Waals surface area contributed by atoms with Crippen LogP contribution < -0.4 is 15.4 Å². The highest BCUT2D eigenvalue weighted by molar-refractivity contribution is 5.98. The molecule has 1 aromatic rings. The van der Waals surface area contributed by atoms with E-state index in [1.54, 1.807) is 6.07 Å². The van der Waals surface area contributed by atoms with E-state index >= 15 is 0 Å². The molecule has 1 spiro atoms. The molecule has 2 bridgehead atoms. The number of hydrogen-bond donors (Lipinski definition) is 2. The minimum Gasteiger partial charge on any atom is -0.467 e. The van der Waals surface area contributed by atoms with E-state index in [2.05, 4.69) is 22.5 Å². The van der Waals surface area contributed by atoms with Crippen molar-refractivity contribution in [2.24, 2.45) is 17.3 Å². The number of likely N-dealkylation sites (N-methyl/N-ethyl adjacent to an activating group) is 1. The number of ether oxygens (including phenoxy) is 1. The SMILES string of the molecule is CN(C)CCNC(=O)[C@H]1C[C@H]2CC[C@@]1(C)C[C@@]21NC(=O)c2ccccc2O1. The van der Waals surface area contributed by atoms with Gasteiger partial charge in [-0.25, -0.2) is 0 Å². The van der Waals surface area contributed by atoms with Crippen LogP contribution in [0, 0.1) is 17.3 Å². The predicted molar refractivity (Wildman–Crippen MR) is 102 cm³/mol. The van der Waals surface area contributed by atoms with Gasteiger partial charge in [-0.05, 0) is 50.9 Å². The van der Waals surface area contributed by atoms with Crippen LogP contribution in [0.15, 0.2) is 24.3 Å². The Morgan fingerprint density at radius 1 is 1.37 bits per heavy atom. The number of rotatable bonds is 4. The van der Waals surface area contributed by atoms with Gasteiger partial charge in [0.15, 0.2) is 5.72 Å². The van der Waals surface area contributed by atoms with Gasteiger partial charge in [-0.2, -0.15) is 0 Å². The maximum atomic E-state index is 12.9. The highest BCUT2D eigenvalue weighted by Crippen LogP contribution is 2.58. The summed E-state index contributed by atoms with van der Waals surface area (Å²) in [5.74, 6) is 0.855. The number of para-hydroxylation sites is 1. The Morgan fingerprint density at radius 2 is 2.15 bits per heavy atom. The molecular formula is C21H29N3O3. The fourth-order valence-corrected chi connectivity index (χ4v) is 5.18. The second-order valence-electron chi connectivity index (χ2n) is 8.89. The number of carbonyl (C=O) groups excluding carboxylic acids is 2. The number of nitrogens with zero attached hydrogens (tertiary/aromatic N) is 1. The quantitative estimate of drug-likeness (QED) is 0.849. The lowest BCUT2D eigenvalue weighted by molar-refractivity contribution is -0.167. The summed E-state index contributed by atoms with van der Waals surface area (Å²) in [5.41, 5.74) is -0.261. The first-order chi connectivity index (χ1) is 12.8. The fraction of sp³-hybridized carbons (Fsp3) is 0.619. The minimum absolute atomic E-state index is 0.0262. The first-order valence-electron chi connectivity index (χ1n) is 9.86. The summed E-state index contributed by atoms with van der Waals surface area (Å²) >= 11 is 0. The van der Waals surface area contributed by atoms with Crippen molar-refractivity contribution in [1.82, 2.24) is 15.5 Å². The van der Waals surface area contributed by atoms with Crippen LogP contribution >= 0.6 is 0 Å². The Bertz CT molecular complexity index is 765. The van der Waals surface area contributed by atoms with Crippen molar-refractivity contribution < 1.29 is 14.3 Å². The first kappa shape index (κ1) is 18.3. The Morgan fingerprint density at radius 3 is 2.89 bits per heavy atom. The molecule has 4 aliphatic rings. The Kier molecular flexibility index (Phi) is 4.41. The normalized spacial score (nSPS) is 34.1. The van der Waals surface area contributed by atoms with Gasteiger partial charge in [-0.3, -0.25) is 9.59 Å². The summed E-state index contributed by atoms with van der Waals surface area (Å²) in [4.78, 5) is 27.6. The molecule has 3 fully saturated rings.